The van der Waals surface area contributed by atoms with Crippen molar-refractivity contribution in [3.63, 3.8) is 0 Å². The van der Waals surface area contributed by atoms with Crippen molar-refractivity contribution in [1.82, 2.24) is 10.6 Å². The summed E-state index contributed by atoms with van der Waals surface area (Å²) < 4.78 is 32.0. The minimum Gasteiger partial charge on any atom is -0.467 e. The first kappa shape index (κ1) is 17.0. The standard InChI is InChI=1S/C17H21F2N3O/c1-3-20-17(22-11-14-5-4-8-23-14)21-10-12(2)15-7-6-13(18)9-16(15)19/h4-9,12H,3,10-11H2,1-2H3,(H2,20,21,22). The van der Waals surface area contributed by atoms with Gasteiger partial charge in [0.05, 0.1) is 6.26 Å². The van der Waals surface area contributed by atoms with Crippen molar-refractivity contribution in [2.75, 3.05) is 13.1 Å². The molecule has 1 atom stereocenters. The fourth-order valence-corrected chi connectivity index (χ4v) is 2.16. The molecule has 0 aliphatic rings. The molecule has 2 rings (SSSR count). The molecule has 2 aromatic rings. The summed E-state index contributed by atoms with van der Waals surface area (Å²) in [6.45, 7) is 5.45. The molecule has 0 amide bonds. The summed E-state index contributed by atoms with van der Waals surface area (Å²) in [6.07, 6.45) is 1.60. The lowest BCUT2D eigenvalue weighted by Crippen LogP contribution is -2.39. The lowest BCUT2D eigenvalue weighted by molar-refractivity contribution is 0.511. The van der Waals surface area contributed by atoms with Gasteiger partial charge in [0.1, 0.15) is 23.9 Å². The van der Waals surface area contributed by atoms with Gasteiger partial charge in [0.15, 0.2) is 5.96 Å². The average Bonchev–Trinajstić information content (AvgIpc) is 3.03. The third kappa shape index (κ3) is 5.09. The van der Waals surface area contributed by atoms with Crippen LogP contribution in [0.3, 0.4) is 0 Å². The number of aliphatic imine (C=N–C) groups is 1. The maximum atomic E-state index is 13.8. The molecule has 0 aliphatic carbocycles. The van der Waals surface area contributed by atoms with Gasteiger partial charge < -0.3 is 15.1 Å². The summed E-state index contributed by atoms with van der Waals surface area (Å²) in [6, 6.07) is 7.31. The predicted molar refractivity (Wildman–Crippen MR) is 86.3 cm³/mol. The third-order valence-corrected chi connectivity index (χ3v) is 3.39. The van der Waals surface area contributed by atoms with E-state index in [9.17, 15) is 8.78 Å². The summed E-state index contributed by atoms with van der Waals surface area (Å²) in [7, 11) is 0. The number of benzene rings is 1. The Balaban J connectivity index is 1.96. The quantitative estimate of drug-likeness (QED) is 0.633. The van der Waals surface area contributed by atoms with Crippen molar-refractivity contribution in [3.8, 4) is 0 Å². The van der Waals surface area contributed by atoms with E-state index in [1.165, 1.54) is 12.1 Å². The molecule has 1 unspecified atom stereocenters. The van der Waals surface area contributed by atoms with Gasteiger partial charge in [-0.25, -0.2) is 13.8 Å². The van der Waals surface area contributed by atoms with Crippen LogP contribution in [0.15, 0.2) is 46.0 Å². The molecule has 124 valence electrons. The van der Waals surface area contributed by atoms with Crippen LogP contribution in [-0.4, -0.2) is 19.0 Å². The Bertz CT molecular complexity index is 641. The SMILES string of the molecule is CCNC(=NCc1ccco1)NCC(C)c1ccc(F)cc1F. The van der Waals surface area contributed by atoms with Gasteiger partial charge >= 0.3 is 0 Å². The number of nitrogens with one attached hydrogen (secondary N) is 2. The molecule has 0 saturated heterocycles. The molecule has 4 nitrogen and oxygen atoms in total. The molecule has 23 heavy (non-hydrogen) atoms. The van der Waals surface area contributed by atoms with Crippen LogP contribution in [-0.2, 0) is 6.54 Å². The summed E-state index contributed by atoms with van der Waals surface area (Å²) in [5, 5.41) is 6.28. The topological polar surface area (TPSA) is 49.6 Å². The minimum atomic E-state index is -0.570. The van der Waals surface area contributed by atoms with E-state index in [1.54, 1.807) is 6.26 Å². The second-order valence-electron chi connectivity index (χ2n) is 5.22. The molecule has 6 heteroatoms. The predicted octanol–water partition coefficient (Wildman–Crippen LogP) is 3.42. The fourth-order valence-electron chi connectivity index (χ4n) is 2.16. The van der Waals surface area contributed by atoms with Crippen LogP contribution in [0.4, 0.5) is 8.78 Å². The molecule has 1 aromatic heterocycles. The van der Waals surface area contributed by atoms with E-state index >= 15 is 0 Å². The van der Waals surface area contributed by atoms with Crippen molar-refractivity contribution >= 4 is 5.96 Å². The number of rotatable bonds is 6. The zero-order valence-electron chi connectivity index (χ0n) is 13.3. The van der Waals surface area contributed by atoms with Crippen LogP contribution >= 0.6 is 0 Å². The first-order valence-electron chi connectivity index (χ1n) is 7.59. The fraction of sp³-hybridized carbons (Fsp3) is 0.353. The average molecular weight is 321 g/mol. The normalized spacial score (nSPS) is 13.0. The van der Waals surface area contributed by atoms with Gasteiger partial charge in [-0.1, -0.05) is 13.0 Å². The lowest BCUT2D eigenvalue weighted by Gasteiger charge is -2.16. The van der Waals surface area contributed by atoms with Crippen molar-refractivity contribution in [3.05, 3.63) is 59.6 Å². The van der Waals surface area contributed by atoms with E-state index in [2.05, 4.69) is 15.6 Å². The smallest absolute Gasteiger partial charge is 0.191 e. The van der Waals surface area contributed by atoms with Gasteiger partial charge in [-0.15, -0.1) is 0 Å². The van der Waals surface area contributed by atoms with Crippen LogP contribution in [0.25, 0.3) is 0 Å². The molecule has 0 radical (unpaired) electrons. The van der Waals surface area contributed by atoms with Crippen LogP contribution < -0.4 is 10.6 Å². The Kier molecular flexibility index (Phi) is 6.14. The molecule has 1 heterocycles. The number of halogens is 2. The second kappa shape index (κ2) is 8.31. The molecule has 0 spiro atoms. The highest BCUT2D eigenvalue weighted by Crippen LogP contribution is 2.19. The molecule has 1 aromatic carbocycles. The highest BCUT2D eigenvalue weighted by atomic mass is 19.1. The van der Waals surface area contributed by atoms with Gasteiger partial charge in [0, 0.05) is 25.1 Å². The molecular weight excluding hydrogens is 300 g/mol. The largest absolute Gasteiger partial charge is 0.467 e. The van der Waals surface area contributed by atoms with Gasteiger partial charge in [0.2, 0.25) is 0 Å². The Morgan fingerprint density at radius 2 is 2.09 bits per heavy atom. The molecule has 0 saturated carbocycles. The number of hydrogen-bond donors (Lipinski definition) is 2. The minimum absolute atomic E-state index is 0.122. The van der Waals surface area contributed by atoms with Crippen molar-refractivity contribution in [1.29, 1.82) is 0 Å². The first-order chi connectivity index (χ1) is 11.1. The van der Waals surface area contributed by atoms with Crippen LogP contribution in [0, 0.1) is 11.6 Å². The monoisotopic (exact) mass is 321 g/mol. The number of nitrogens with zero attached hydrogens (tertiary/aromatic N) is 1. The van der Waals surface area contributed by atoms with Gasteiger partial charge in [-0.2, -0.15) is 0 Å². The number of furan rings is 1. The van der Waals surface area contributed by atoms with E-state index in [0.29, 0.717) is 31.2 Å². The summed E-state index contributed by atoms with van der Waals surface area (Å²) in [5.74, 6) is 0.165. The van der Waals surface area contributed by atoms with Crippen molar-refractivity contribution in [2.24, 2.45) is 4.99 Å². The van der Waals surface area contributed by atoms with Crippen LogP contribution in [0.5, 0.6) is 0 Å². The summed E-state index contributed by atoms with van der Waals surface area (Å²) in [5.41, 5.74) is 0.473. The van der Waals surface area contributed by atoms with Crippen molar-refractivity contribution in [2.45, 2.75) is 26.3 Å². The highest BCUT2D eigenvalue weighted by Gasteiger charge is 2.12. The second-order valence-corrected chi connectivity index (χ2v) is 5.22. The maximum absolute atomic E-state index is 13.8. The van der Waals surface area contributed by atoms with E-state index in [-0.39, 0.29) is 5.92 Å². The number of guanidine groups is 1. The zero-order chi connectivity index (χ0) is 16.7. The Morgan fingerprint density at radius 1 is 1.26 bits per heavy atom. The van der Waals surface area contributed by atoms with Gasteiger partial charge in [0.25, 0.3) is 0 Å². The maximum Gasteiger partial charge on any atom is 0.191 e. The first-order valence-corrected chi connectivity index (χ1v) is 7.59. The lowest BCUT2D eigenvalue weighted by atomic mass is 10.0. The molecular formula is C17H21F2N3O. The number of hydrogen-bond acceptors (Lipinski definition) is 2. The summed E-state index contributed by atoms with van der Waals surface area (Å²) in [4.78, 5) is 4.41. The van der Waals surface area contributed by atoms with E-state index in [0.717, 1.165) is 11.8 Å². The zero-order valence-corrected chi connectivity index (χ0v) is 13.3. The Morgan fingerprint density at radius 3 is 2.74 bits per heavy atom. The van der Waals surface area contributed by atoms with Gasteiger partial charge in [-0.05, 0) is 30.7 Å². The van der Waals surface area contributed by atoms with Gasteiger partial charge in [-0.3, -0.25) is 0 Å². The van der Waals surface area contributed by atoms with E-state index in [1.807, 2.05) is 26.0 Å². The van der Waals surface area contributed by atoms with E-state index < -0.39 is 11.6 Å². The highest BCUT2D eigenvalue weighted by molar-refractivity contribution is 5.79. The molecule has 0 bridgehead atoms. The van der Waals surface area contributed by atoms with Crippen molar-refractivity contribution < 1.29 is 13.2 Å². The summed E-state index contributed by atoms with van der Waals surface area (Å²) >= 11 is 0. The van der Waals surface area contributed by atoms with Crippen LogP contribution in [0.1, 0.15) is 31.1 Å². The molecule has 2 N–H and O–H groups in total. The third-order valence-electron chi connectivity index (χ3n) is 3.39. The molecule has 0 fully saturated rings. The van der Waals surface area contributed by atoms with Crippen LogP contribution in [0.2, 0.25) is 0 Å². The van der Waals surface area contributed by atoms with E-state index in [4.69, 9.17) is 4.42 Å². The molecule has 0 aliphatic heterocycles. The Hall–Kier alpha value is -2.37. The Labute approximate surface area is 134 Å².